The number of aromatic nitrogens is 4. The molecule has 3 aliphatic heterocycles. The number of rotatable bonds is 12. The number of benzene rings is 3. The van der Waals surface area contributed by atoms with Crippen molar-refractivity contribution >= 4 is 26.0 Å². The zero-order valence-corrected chi connectivity index (χ0v) is 37.0. The molecule has 14 nitrogen and oxygen atoms in total. The van der Waals surface area contributed by atoms with Crippen molar-refractivity contribution in [1.82, 2.24) is 40.0 Å². The van der Waals surface area contributed by atoms with Crippen LogP contribution in [0.2, 0.25) is 19.1 Å². The van der Waals surface area contributed by atoms with Gasteiger partial charge in [0.1, 0.15) is 23.7 Å². The van der Waals surface area contributed by atoms with E-state index in [9.17, 15) is 14.4 Å². The fourth-order valence-electron chi connectivity index (χ4n) is 9.05. The van der Waals surface area contributed by atoms with Crippen LogP contribution in [0.5, 0.6) is 23.0 Å². The number of hydrogen-bond donors (Lipinski definition) is 3. The van der Waals surface area contributed by atoms with E-state index in [1.165, 1.54) is 7.11 Å². The summed E-state index contributed by atoms with van der Waals surface area (Å²) in [5.74, 6) is 3.65. The summed E-state index contributed by atoms with van der Waals surface area (Å²) in [6.45, 7) is 14.8. The monoisotopic (exact) mass is 844 g/mol. The van der Waals surface area contributed by atoms with Crippen LogP contribution in [0.3, 0.4) is 0 Å². The van der Waals surface area contributed by atoms with E-state index in [2.05, 4.69) is 64.2 Å². The molecule has 3 amide bonds. The lowest BCUT2D eigenvalue weighted by Gasteiger charge is -2.34. The third kappa shape index (κ3) is 8.40. The van der Waals surface area contributed by atoms with Gasteiger partial charge in [0.2, 0.25) is 11.8 Å². The number of H-pyrrole nitrogens is 2. The number of imidazole rings is 2. The maximum Gasteiger partial charge on any atom is 0.407 e. The molecule has 320 valence electrons. The van der Waals surface area contributed by atoms with Crippen LogP contribution >= 0.6 is 0 Å². The zero-order valence-electron chi connectivity index (χ0n) is 36.0. The second-order valence-electron chi connectivity index (χ2n) is 17.3. The summed E-state index contributed by atoms with van der Waals surface area (Å²) in [5.41, 5.74) is 4.38. The lowest BCUT2D eigenvalue weighted by Crippen LogP contribution is -2.51. The van der Waals surface area contributed by atoms with Crippen LogP contribution in [-0.4, -0.2) is 99.6 Å². The van der Waals surface area contributed by atoms with E-state index in [1.807, 2.05) is 74.6 Å². The Morgan fingerprint density at radius 2 is 1.43 bits per heavy atom. The van der Waals surface area contributed by atoms with E-state index < -0.39 is 20.2 Å². The molecule has 3 aliphatic rings. The molecular formula is C46H56N8O6Si. The third-order valence-corrected chi connectivity index (χ3v) is 14.9. The normalized spacial score (nSPS) is 18.9. The standard InChI is InChI=1S/C46H56N8O6Si/c1-8-52(9-2)41(29-14-11-10-12-15-29)45(56)54-27-61(6,7)26-35(54)43-48-25-33(50-43)31-18-20-37-39(23-31)60-36-19-17-30(22-38(36)59-37)32-24-47-42(49-32)34-16-13-21-53(34)44(55)40(28(3)4)51-46(57)58-5/h10-12,14-15,17-20,22-25,28,34-35,40-41H,8-9,13,16,21,26-27H2,1-7H3,(H,47,49)(H,48,50)(H,51,57)/t34-,35-,40-,41+/m0/s1. The first kappa shape index (κ1) is 41.8. The Morgan fingerprint density at radius 1 is 0.836 bits per heavy atom. The Hall–Kier alpha value is -5.93. The summed E-state index contributed by atoms with van der Waals surface area (Å²) in [6, 6.07) is 21.2. The van der Waals surface area contributed by atoms with E-state index in [4.69, 9.17) is 24.2 Å². The minimum Gasteiger partial charge on any atom is -0.453 e. The maximum atomic E-state index is 14.6. The molecule has 2 saturated heterocycles. The number of nitrogens with zero attached hydrogens (tertiary/aromatic N) is 5. The molecule has 4 atom stereocenters. The fourth-order valence-corrected chi connectivity index (χ4v) is 11.9. The largest absolute Gasteiger partial charge is 0.453 e. The first-order chi connectivity index (χ1) is 29.4. The Bertz CT molecular complexity index is 2390. The van der Waals surface area contributed by atoms with Crippen LogP contribution in [0.4, 0.5) is 4.79 Å². The number of alkyl carbamates (subject to hydrolysis) is 1. The third-order valence-electron chi connectivity index (χ3n) is 12.2. The Labute approximate surface area is 358 Å². The van der Waals surface area contributed by atoms with E-state index >= 15 is 0 Å². The molecule has 0 aliphatic carbocycles. The first-order valence-electron chi connectivity index (χ1n) is 21.4. The highest BCUT2D eigenvalue weighted by atomic mass is 28.3. The van der Waals surface area contributed by atoms with Crippen molar-refractivity contribution in [3.8, 4) is 45.5 Å². The molecule has 0 unspecified atom stereocenters. The van der Waals surface area contributed by atoms with Gasteiger partial charge in [-0.2, -0.15) is 0 Å². The Balaban J connectivity index is 0.975. The zero-order chi connectivity index (χ0) is 43.0. The number of amides is 3. The summed E-state index contributed by atoms with van der Waals surface area (Å²) >= 11 is 0. The molecule has 5 aromatic rings. The summed E-state index contributed by atoms with van der Waals surface area (Å²) in [7, 11) is -0.444. The molecule has 61 heavy (non-hydrogen) atoms. The predicted octanol–water partition coefficient (Wildman–Crippen LogP) is 8.62. The van der Waals surface area contributed by atoms with Crippen molar-refractivity contribution in [2.24, 2.45) is 5.92 Å². The van der Waals surface area contributed by atoms with Crippen LogP contribution in [0.25, 0.3) is 22.5 Å². The highest BCUT2D eigenvalue weighted by Crippen LogP contribution is 2.48. The van der Waals surface area contributed by atoms with E-state index in [0.29, 0.717) is 35.4 Å². The second kappa shape index (κ2) is 17.2. The highest BCUT2D eigenvalue weighted by Gasteiger charge is 2.46. The molecule has 3 aromatic carbocycles. The molecule has 0 bridgehead atoms. The number of likely N-dealkylation sites (tertiary alicyclic amines) is 1. The number of likely N-dealkylation sites (N-methyl/N-ethyl adjacent to an activating group) is 1. The number of carbonyl (C=O) groups excluding carboxylic acids is 3. The van der Waals surface area contributed by atoms with Gasteiger partial charge in [0.15, 0.2) is 23.0 Å². The van der Waals surface area contributed by atoms with Gasteiger partial charge in [-0.1, -0.05) is 71.1 Å². The topological polar surface area (TPSA) is 158 Å². The number of fused-ring (bicyclic) bond motifs is 2. The number of ether oxygens (including phenoxy) is 3. The van der Waals surface area contributed by atoms with Gasteiger partial charge in [-0.15, -0.1) is 0 Å². The van der Waals surface area contributed by atoms with Crippen LogP contribution in [0, 0.1) is 5.92 Å². The van der Waals surface area contributed by atoms with Crippen molar-refractivity contribution < 1.29 is 28.6 Å². The molecule has 8 rings (SSSR count). The van der Waals surface area contributed by atoms with E-state index in [1.54, 1.807) is 11.1 Å². The average molecular weight is 845 g/mol. The number of hydrogen-bond acceptors (Lipinski definition) is 9. The number of methoxy groups -OCH3 is 1. The van der Waals surface area contributed by atoms with Gasteiger partial charge < -0.3 is 39.3 Å². The van der Waals surface area contributed by atoms with Gasteiger partial charge in [0, 0.05) is 23.8 Å². The van der Waals surface area contributed by atoms with Crippen molar-refractivity contribution in [3.63, 3.8) is 0 Å². The first-order valence-corrected chi connectivity index (χ1v) is 24.8. The lowest BCUT2D eigenvalue weighted by molar-refractivity contribution is -0.138. The quantitative estimate of drug-likeness (QED) is 0.103. The number of nitrogens with one attached hydrogen (secondary N) is 3. The lowest BCUT2D eigenvalue weighted by atomic mass is 10.0. The van der Waals surface area contributed by atoms with Gasteiger partial charge in [-0.05, 0) is 79.9 Å². The molecule has 2 fully saturated rings. The smallest absolute Gasteiger partial charge is 0.407 e. The molecule has 0 spiro atoms. The van der Waals surface area contributed by atoms with Crippen LogP contribution < -0.4 is 14.8 Å². The minimum absolute atomic E-state index is 0.120. The molecule has 3 N–H and O–H groups in total. The van der Waals surface area contributed by atoms with Crippen LogP contribution in [0.1, 0.15) is 75.9 Å². The van der Waals surface area contributed by atoms with Crippen molar-refractivity contribution in [3.05, 3.63) is 96.3 Å². The van der Waals surface area contributed by atoms with E-state index in [-0.39, 0.29) is 35.9 Å². The molecule has 0 radical (unpaired) electrons. The van der Waals surface area contributed by atoms with E-state index in [0.717, 1.165) is 72.0 Å². The SMILES string of the molecule is CCN(CC)[C@@H](C(=O)N1C[Si](C)(C)C[C@H]1c1ncc(-c2ccc3c(c2)Oc2ccc(-c4cnc([C@@H]5CCCN5C(=O)[C@@H](NC(=O)OC)C(C)C)[nH]4)cc2O3)[nH]1)c1ccccc1. The predicted molar refractivity (Wildman–Crippen MR) is 235 cm³/mol. The Kier molecular flexibility index (Phi) is 11.8. The second-order valence-corrected chi connectivity index (χ2v) is 22.4. The maximum absolute atomic E-state index is 14.6. The number of carbonyl (C=O) groups is 3. The Morgan fingerprint density at radius 3 is 1.98 bits per heavy atom. The molecular weight excluding hydrogens is 789 g/mol. The van der Waals surface area contributed by atoms with Gasteiger partial charge >= 0.3 is 6.09 Å². The average Bonchev–Trinajstić information content (AvgIpc) is 4.10. The summed E-state index contributed by atoms with van der Waals surface area (Å²) in [6.07, 6.45) is 5.34. The number of aromatic amines is 2. The molecule has 2 aromatic heterocycles. The van der Waals surface area contributed by atoms with Gasteiger partial charge in [-0.25, -0.2) is 14.8 Å². The van der Waals surface area contributed by atoms with Crippen LogP contribution in [0.15, 0.2) is 79.1 Å². The minimum atomic E-state index is -1.73. The summed E-state index contributed by atoms with van der Waals surface area (Å²) in [4.78, 5) is 63.0. The van der Waals surface area contributed by atoms with Gasteiger partial charge in [-0.3, -0.25) is 14.5 Å². The molecule has 5 heterocycles. The van der Waals surface area contributed by atoms with Gasteiger partial charge in [0.05, 0.1) is 51.0 Å². The summed E-state index contributed by atoms with van der Waals surface area (Å²) < 4.78 is 17.6. The molecule has 0 saturated carbocycles. The highest BCUT2D eigenvalue weighted by molar-refractivity contribution is 6.78. The summed E-state index contributed by atoms with van der Waals surface area (Å²) in [5, 5.41) is 2.70. The van der Waals surface area contributed by atoms with Crippen molar-refractivity contribution in [2.75, 3.05) is 32.9 Å². The van der Waals surface area contributed by atoms with Crippen molar-refractivity contribution in [2.45, 2.75) is 83.8 Å². The van der Waals surface area contributed by atoms with Crippen LogP contribution in [-0.2, 0) is 14.3 Å². The fraction of sp³-hybridized carbons (Fsp3) is 0.413. The van der Waals surface area contributed by atoms with Gasteiger partial charge in [0.25, 0.3) is 0 Å². The molecule has 15 heteroatoms. The van der Waals surface area contributed by atoms with Crippen molar-refractivity contribution in [1.29, 1.82) is 0 Å².